The number of nitrogens with zero attached hydrogens (tertiary/aromatic N) is 4. The molecular formula is C18H24N4O4. The van der Waals surface area contributed by atoms with E-state index in [0.717, 1.165) is 11.5 Å². The van der Waals surface area contributed by atoms with Crippen molar-refractivity contribution in [1.82, 2.24) is 19.4 Å². The van der Waals surface area contributed by atoms with Crippen LogP contribution in [0.15, 0.2) is 24.5 Å². The highest BCUT2D eigenvalue weighted by Crippen LogP contribution is 2.18. The molecule has 8 heteroatoms. The summed E-state index contributed by atoms with van der Waals surface area (Å²) in [5, 5.41) is 0. The molecule has 2 aromatic heterocycles. The monoisotopic (exact) mass is 360 g/mol. The smallest absolute Gasteiger partial charge is 0.410 e. The normalized spacial score (nSPS) is 13.9. The zero-order valence-corrected chi connectivity index (χ0v) is 15.6. The summed E-state index contributed by atoms with van der Waals surface area (Å²) in [6.07, 6.45) is 3.24. The number of aromatic nitrogens is 3. The quantitative estimate of drug-likeness (QED) is 0.834. The van der Waals surface area contributed by atoms with Crippen LogP contribution in [0.4, 0.5) is 4.79 Å². The van der Waals surface area contributed by atoms with Gasteiger partial charge < -0.3 is 18.8 Å². The van der Waals surface area contributed by atoms with E-state index in [1.165, 1.54) is 0 Å². The number of pyridine rings is 1. The summed E-state index contributed by atoms with van der Waals surface area (Å²) in [5.74, 6) is 2.01. The molecule has 1 amide bonds. The van der Waals surface area contributed by atoms with Gasteiger partial charge in [0, 0.05) is 25.4 Å². The molecule has 0 atom stereocenters. The van der Waals surface area contributed by atoms with E-state index in [9.17, 15) is 4.79 Å². The van der Waals surface area contributed by atoms with E-state index in [4.69, 9.17) is 14.2 Å². The van der Waals surface area contributed by atoms with Gasteiger partial charge in [-0.15, -0.1) is 0 Å². The van der Waals surface area contributed by atoms with Gasteiger partial charge in [0.2, 0.25) is 5.88 Å². The minimum atomic E-state index is -0.506. The first-order chi connectivity index (χ1) is 12.3. The molecule has 0 saturated heterocycles. The van der Waals surface area contributed by atoms with E-state index in [-0.39, 0.29) is 6.09 Å². The molecule has 0 aliphatic carbocycles. The first-order valence-corrected chi connectivity index (χ1v) is 8.50. The molecule has 1 aliphatic heterocycles. The topological polar surface area (TPSA) is 78.7 Å². The molecule has 140 valence electrons. The summed E-state index contributed by atoms with van der Waals surface area (Å²) in [6.45, 7) is 7.59. The minimum absolute atomic E-state index is 0.311. The highest BCUT2D eigenvalue weighted by molar-refractivity contribution is 5.68. The van der Waals surface area contributed by atoms with E-state index in [1.54, 1.807) is 30.3 Å². The molecule has 3 heterocycles. The van der Waals surface area contributed by atoms with Crippen molar-refractivity contribution in [3.63, 3.8) is 0 Å². The fourth-order valence-electron chi connectivity index (χ4n) is 2.58. The van der Waals surface area contributed by atoms with Crippen molar-refractivity contribution in [2.24, 2.45) is 0 Å². The van der Waals surface area contributed by atoms with Gasteiger partial charge in [-0.2, -0.15) is 0 Å². The second-order valence-electron chi connectivity index (χ2n) is 7.07. The van der Waals surface area contributed by atoms with Gasteiger partial charge in [-0.25, -0.2) is 14.8 Å². The van der Waals surface area contributed by atoms with Crippen molar-refractivity contribution < 1.29 is 19.0 Å². The Morgan fingerprint density at radius 1 is 1.27 bits per heavy atom. The lowest BCUT2D eigenvalue weighted by atomic mass is 10.2. The maximum Gasteiger partial charge on any atom is 0.410 e. The molecule has 1 aliphatic rings. The van der Waals surface area contributed by atoms with Gasteiger partial charge in [0.25, 0.3) is 0 Å². The number of hydrogen-bond donors (Lipinski definition) is 0. The number of methoxy groups -OCH3 is 1. The van der Waals surface area contributed by atoms with Gasteiger partial charge in [-0.3, -0.25) is 4.90 Å². The van der Waals surface area contributed by atoms with Crippen LogP contribution in [0.5, 0.6) is 11.6 Å². The molecule has 0 aromatic carbocycles. The number of hydrogen-bond acceptors (Lipinski definition) is 6. The van der Waals surface area contributed by atoms with Crippen molar-refractivity contribution in [3.8, 4) is 11.6 Å². The molecule has 0 unspecified atom stereocenters. The summed E-state index contributed by atoms with van der Waals surface area (Å²) < 4.78 is 18.2. The third kappa shape index (κ3) is 4.44. The molecule has 26 heavy (non-hydrogen) atoms. The van der Waals surface area contributed by atoms with Crippen LogP contribution < -0.4 is 9.47 Å². The predicted octanol–water partition coefficient (Wildman–Crippen LogP) is 2.62. The van der Waals surface area contributed by atoms with Crippen LogP contribution in [-0.2, 0) is 24.4 Å². The number of imidazole rings is 1. The molecule has 0 spiro atoms. The molecular weight excluding hydrogens is 336 g/mol. The van der Waals surface area contributed by atoms with Gasteiger partial charge >= 0.3 is 6.09 Å². The maximum absolute atomic E-state index is 12.2. The average Bonchev–Trinajstić information content (AvgIpc) is 3.01. The summed E-state index contributed by atoms with van der Waals surface area (Å²) >= 11 is 0. The van der Waals surface area contributed by atoms with Crippen LogP contribution in [0.3, 0.4) is 0 Å². The Balaban J connectivity index is 1.59. The molecule has 8 nitrogen and oxygen atoms in total. The van der Waals surface area contributed by atoms with Crippen LogP contribution in [0.25, 0.3) is 0 Å². The van der Waals surface area contributed by atoms with E-state index in [2.05, 4.69) is 9.97 Å². The maximum atomic E-state index is 12.2. The summed E-state index contributed by atoms with van der Waals surface area (Å²) in [7, 11) is 1.59. The van der Waals surface area contributed by atoms with Crippen molar-refractivity contribution in [1.29, 1.82) is 0 Å². The average molecular weight is 360 g/mol. The van der Waals surface area contributed by atoms with Gasteiger partial charge in [-0.05, 0) is 26.8 Å². The summed E-state index contributed by atoms with van der Waals surface area (Å²) in [5.41, 5.74) is 0.289. The second kappa shape index (κ2) is 7.23. The first kappa shape index (κ1) is 18.0. The zero-order valence-electron chi connectivity index (χ0n) is 15.6. The number of carbonyl (C=O) groups is 1. The zero-order chi connectivity index (χ0) is 18.7. The van der Waals surface area contributed by atoms with E-state index in [0.29, 0.717) is 37.9 Å². The predicted molar refractivity (Wildman–Crippen MR) is 94.0 cm³/mol. The molecule has 0 bridgehead atoms. The summed E-state index contributed by atoms with van der Waals surface area (Å²) in [4.78, 5) is 22.6. The molecule has 0 saturated carbocycles. The van der Waals surface area contributed by atoms with Crippen LogP contribution in [-0.4, -0.2) is 44.8 Å². The lowest BCUT2D eigenvalue weighted by Crippen LogP contribution is -2.41. The first-order valence-electron chi connectivity index (χ1n) is 8.50. The number of fused-ring (bicyclic) bond motifs is 1. The Hall–Kier alpha value is -2.77. The Morgan fingerprint density at radius 2 is 2.08 bits per heavy atom. The molecule has 2 aromatic rings. The highest BCUT2D eigenvalue weighted by atomic mass is 16.6. The van der Waals surface area contributed by atoms with E-state index < -0.39 is 5.60 Å². The largest absolute Gasteiger partial charge is 0.495 e. The fourth-order valence-corrected chi connectivity index (χ4v) is 2.58. The number of carbonyl (C=O) groups excluding carboxylic acids is 1. The molecule has 0 radical (unpaired) electrons. The molecule has 0 N–H and O–H groups in total. The lowest BCUT2D eigenvalue weighted by molar-refractivity contribution is 0.0195. The highest BCUT2D eigenvalue weighted by Gasteiger charge is 2.26. The minimum Gasteiger partial charge on any atom is -0.495 e. The lowest BCUT2D eigenvalue weighted by Gasteiger charge is -2.30. The Morgan fingerprint density at radius 3 is 2.73 bits per heavy atom. The van der Waals surface area contributed by atoms with Gasteiger partial charge in [-0.1, -0.05) is 0 Å². The van der Waals surface area contributed by atoms with Crippen molar-refractivity contribution in [2.75, 3.05) is 13.7 Å². The van der Waals surface area contributed by atoms with Gasteiger partial charge in [0.15, 0.2) is 0 Å². The van der Waals surface area contributed by atoms with Crippen molar-refractivity contribution in [2.45, 2.75) is 46.1 Å². The van der Waals surface area contributed by atoms with Crippen LogP contribution in [0.1, 0.15) is 32.3 Å². The number of ether oxygens (including phenoxy) is 3. The Labute approximate surface area is 152 Å². The Bertz CT molecular complexity index is 764. The van der Waals surface area contributed by atoms with Crippen LogP contribution in [0, 0.1) is 0 Å². The third-order valence-corrected chi connectivity index (χ3v) is 3.82. The fraction of sp³-hybridized carbons (Fsp3) is 0.500. The van der Waals surface area contributed by atoms with Crippen molar-refractivity contribution in [3.05, 3.63) is 36.0 Å². The van der Waals surface area contributed by atoms with Crippen LogP contribution in [0.2, 0.25) is 0 Å². The number of rotatable bonds is 4. The van der Waals surface area contributed by atoms with Crippen LogP contribution >= 0.6 is 0 Å². The second-order valence-corrected chi connectivity index (χ2v) is 7.07. The Kier molecular flexibility index (Phi) is 5.01. The van der Waals surface area contributed by atoms with Crippen molar-refractivity contribution >= 4 is 6.09 Å². The third-order valence-electron chi connectivity index (χ3n) is 3.82. The van der Waals surface area contributed by atoms with Gasteiger partial charge in [0.1, 0.15) is 23.8 Å². The SMILES string of the molecule is COc1ccc(OCc2cn3c(n2)CN(C(=O)OC(C)(C)C)CC3)nc1. The number of amides is 1. The van der Waals surface area contributed by atoms with E-state index in [1.807, 2.05) is 31.5 Å². The van der Waals surface area contributed by atoms with E-state index >= 15 is 0 Å². The molecule has 3 rings (SSSR count). The standard InChI is InChI=1S/C18H24N4O4/c1-18(2,3)26-17(23)22-8-7-21-10-13(20-15(21)11-22)12-25-16-6-5-14(24-4)9-19-16/h5-6,9-10H,7-8,11-12H2,1-4H3. The molecule has 0 fully saturated rings. The summed E-state index contributed by atoms with van der Waals surface area (Å²) in [6, 6.07) is 3.54. The van der Waals surface area contributed by atoms with Gasteiger partial charge in [0.05, 0.1) is 25.5 Å².